The number of nitrogens with zero attached hydrogens (tertiary/aromatic N) is 1. The highest BCUT2D eigenvalue weighted by atomic mass is 32.2. The Kier molecular flexibility index (Phi) is 5.88. The van der Waals surface area contributed by atoms with Crippen LogP contribution in [0.25, 0.3) is 0 Å². The Hall–Kier alpha value is -1.53. The molecule has 2 rings (SSSR count). The molecule has 4 nitrogen and oxygen atoms in total. The zero-order valence-electron chi connectivity index (χ0n) is 11.2. The molecule has 1 amide bonds. The first-order valence-electron chi connectivity index (χ1n) is 6.24. The van der Waals surface area contributed by atoms with E-state index in [1.54, 1.807) is 25.1 Å². The number of carbonyl (C=O) groups excluding carboxylic acids is 1. The third kappa shape index (κ3) is 4.86. The second-order valence-corrected chi connectivity index (χ2v) is 6.08. The molecule has 2 aromatic rings. The van der Waals surface area contributed by atoms with E-state index in [0.29, 0.717) is 11.6 Å². The molecule has 20 heavy (non-hydrogen) atoms. The van der Waals surface area contributed by atoms with Crippen molar-refractivity contribution in [2.45, 2.75) is 17.7 Å². The number of nitrogens with one attached hydrogen (secondary N) is 1. The number of thioether (sulfide) groups is 1. The lowest BCUT2D eigenvalue weighted by molar-refractivity contribution is -0.116. The summed E-state index contributed by atoms with van der Waals surface area (Å²) in [5.74, 6) is 1.80. The summed E-state index contributed by atoms with van der Waals surface area (Å²) < 4.78 is 5.11. The van der Waals surface area contributed by atoms with Gasteiger partial charge in [-0.05, 0) is 36.4 Å². The summed E-state index contributed by atoms with van der Waals surface area (Å²) in [4.78, 5) is 16.8. The molecule has 0 saturated heterocycles. The lowest BCUT2D eigenvalue weighted by atomic mass is 10.3. The normalized spacial score (nSPS) is 10.2. The topological polar surface area (TPSA) is 51.2 Å². The standard InChI is InChI=1S/C14H16N2O2S2/c1-18-11-4-6-12(7-5-11)19-9-2-3-13(17)16-14-15-8-10-20-14/h4-8,10H,2-3,9H2,1H3,(H,15,16,17). The Morgan fingerprint density at radius 3 is 2.85 bits per heavy atom. The van der Waals surface area contributed by atoms with E-state index in [1.165, 1.54) is 16.2 Å². The van der Waals surface area contributed by atoms with Crippen molar-refractivity contribution < 1.29 is 9.53 Å². The number of rotatable bonds is 7. The molecule has 0 unspecified atom stereocenters. The van der Waals surface area contributed by atoms with Gasteiger partial charge in [0.1, 0.15) is 5.75 Å². The number of amides is 1. The third-order valence-electron chi connectivity index (χ3n) is 2.56. The second kappa shape index (κ2) is 7.91. The molecule has 0 atom stereocenters. The Morgan fingerprint density at radius 2 is 2.20 bits per heavy atom. The molecule has 0 fully saturated rings. The lowest BCUT2D eigenvalue weighted by Gasteiger charge is -2.04. The van der Waals surface area contributed by atoms with Crippen LogP contribution in [-0.2, 0) is 4.79 Å². The zero-order chi connectivity index (χ0) is 14.2. The minimum Gasteiger partial charge on any atom is -0.497 e. The summed E-state index contributed by atoms with van der Waals surface area (Å²) in [5, 5.41) is 5.29. The van der Waals surface area contributed by atoms with Crippen molar-refractivity contribution in [3.05, 3.63) is 35.8 Å². The number of ether oxygens (including phenoxy) is 1. The summed E-state index contributed by atoms with van der Waals surface area (Å²) >= 11 is 3.17. The quantitative estimate of drug-likeness (QED) is 0.626. The van der Waals surface area contributed by atoms with E-state index in [9.17, 15) is 4.79 Å². The SMILES string of the molecule is COc1ccc(SCCCC(=O)Nc2nccs2)cc1. The third-order valence-corrected chi connectivity index (χ3v) is 4.34. The number of aromatic nitrogens is 1. The van der Waals surface area contributed by atoms with Crippen LogP contribution < -0.4 is 10.1 Å². The van der Waals surface area contributed by atoms with Crippen molar-refractivity contribution in [3.8, 4) is 5.75 Å². The largest absolute Gasteiger partial charge is 0.497 e. The maximum absolute atomic E-state index is 11.6. The fourth-order valence-electron chi connectivity index (χ4n) is 1.56. The molecule has 0 aliphatic carbocycles. The number of hydrogen-bond acceptors (Lipinski definition) is 5. The predicted molar refractivity (Wildman–Crippen MR) is 83.7 cm³/mol. The van der Waals surface area contributed by atoms with Gasteiger partial charge in [-0.3, -0.25) is 4.79 Å². The van der Waals surface area contributed by atoms with Gasteiger partial charge in [0.25, 0.3) is 0 Å². The Labute approximate surface area is 126 Å². The molecule has 1 heterocycles. The maximum Gasteiger partial charge on any atom is 0.226 e. The van der Waals surface area contributed by atoms with Crippen molar-refractivity contribution in [1.29, 1.82) is 0 Å². The Bertz CT molecular complexity index is 527. The van der Waals surface area contributed by atoms with Gasteiger partial charge in [-0.2, -0.15) is 0 Å². The highest BCUT2D eigenvalue weighted by molar-refractivity contribution is 7.99. The van der Waals surface area contributed by atoms with Crippen LogP contribution in [0.3, 0.4) is 0 Å². The molecule has 6 heteroatoms. The smallest absolute Gasteiger partial charge is 0.226 e. The summed E-state index contributed by atoms with van der Waals surface area (Å²) in [6, 6.07) is 7.94. The first-order valence-corrected chi connectivity index (χ1v) is 8.10. The summed E-state index contributed by atoms with van der Waals surface area (Å²) in [5.41, 5.74) is 0. The molecular weight excluding hydrogens is 292 g/mol. The first kappa shape index (κ1) is 14.9. The van der Waals surface area contributed by atoms with E-state index < -0.39 is 0 Å². The molecular formula is C14H16N2O2S2. The van der Waals surface area contributed by atoms with Crippen LogP contribution in [0, 0.1) is 0 Å². The highest BCUT2D eigenvalue weighted by Gasteiger charge is 2.04. The lowest BCUT2D eigenvalue weighted by Crippen LogP contribution is -2.11. The van der Waals surface area contributed by atoms with Gasteiger partial charge >= 0.3 is 0 Å². The van der Waals surface area contributed by atoms with E-state index in [4.69, 9.17) is 4.74 Å². The van der Waals surface area contributed by atoms with Crippen LogP contribution in [0.1, 0.15) is 12.8 Å². The molecule has 0 radical (unpaired) electrons. The van der Waals surface area contributed by atoms with Crippen LogP contribution in [0.2, 0.25) is 0 Å². The van der Waals surface area contributed by atoms with E-state index in [0.717, 1.165) is 17.9 Å². The minimum absolute atomic E-state index is 0.0234. The fraction of sp³-hybridized carbons (Fsp3) is 0.286. The van der Waals surface area contributed by atoms with Gasteiger partial charge in [-0.1, -0.05) is 0 Å². The van der Waals surface area contributed by atoms with Gasteiger partial charge in [0.05, 0.1) is 7.11 Å². The molecule has 1 aromatic heterocycles. The Balaban J connectivity index is 1.64. The molecule has 0 saturated carbocycles. The average Bonchev–Trinajstić information content (AvgIpc) is 2.97. The van der Waals surface area contributed by atoms with Gasteiger partial charge in [0, 0.05) is 22.9 Å². The molecule has 0 bridgehead atoms. The van der Waals surface area contributed by atoms with Crippen LogP contribution in [0.4, 0.5) is 5.13 Å². The number of anilines is 1. The van der Waals surface area contributed by atoms with Crippen molar-refractivity contribution in [2.75, 3.05) is 18.2 Å². The molecule has 0 spiro atoms. The number of thiazole rings is 1. The molecule has 1 aromatic carbocycles. The summed E-state index contributed by atoms with van der Waals surface area (Å²) in [7, 11) is 1.66. The van der Waals surface area contributed by atoms with Crippen molar-refractivity contribution in [1.82, 2.24) is 4.98 Å². The maximum atomic E-state index is 11.6. The van der Waals surface area contributed by atoms with E-state index >= 15 is 0 Å². The van der Waals surface area contributed by atoms with Crippen LogP contribution in [-0.4, -0.2) is 23.8 Å². The van der Waals surface area contributed by atoms with Gasteiger partial charge in [0.15, 0.2) is 5.13 Å². The number of benzene rings is 1. The number of methoxy groups -OCH3 is 1. The number of carbonyl (C=O) groups is 1. The highest BCUT2D eigenvalue weighted by Crippen LogP contribution is 2.22. The molecule has 1 N–H and O–H groups in total. The summed E-state index contributed by atoms with van der Waals surface area (Å²) in [6.45, 7) is 0. The molecule has 106 valence electrons. The monoisotopic (exact) mass is 308 g/mol. The predicted octanol–water partition coefficient (Wildman–Crippen LogP) is 3.66. The van der Waals surface area contributed by atoms with Crippen LogP contribution in [0.5, 0.6) is 5.75 Å². The Morgan fingerprint density at radius 1 is 1.40 bits per heavy atom. The van der Waals surface area contributed by atoms with E-state index in [-0.39, 0.29) is 5.91 Å². The van der Waals surface area contributed by atoms with Gasteiger partial charge < -0.3 is 10.1 Å². The van der Waals surface area contributed by atoms with Gasteiger partial charge in [-0.25, -0.2) is 4.98 Å². The second-order valence-electron chi connectivity index (χ2n) is 4.01. The van der Waals surface area contributed by atoms with E-state index in [1.807, 2.05) is 29.6 Å². The van der Waals surface area contributed by atoms with E-state index in [2.05, 4.69) is 10.3 Å². The number of hydrogen-bond donors (Lipinski definition) is 1. The summed E-state index contributed by atoms with van der Waals surface area (Å²) in [6.07, 6.45) is 3.04. The fourth-order valence-corrected chi connectivity index (χ4v) is 2.96. The van der Waals surface area contributed by atoms with Crippen molar-refractivity contribution >= 4 is 34.1 Å². The molecule has 0 aliphatic rings. The minimum atomic E-state index is 0.0234. The van der Waals surface area contributed by atoms with Crippen molar-refractivity contribution in [2.24, 2.45) is 0 Å². The van der Waals surface area contributed by atoms with Gasteiger partial charge in [0.2, 0.25) is 5.91 Å². The van der Waals surface area contributed by atoms with Crippen LogP contribution in [0.15, 0.2) is 40.7 Å². The molecule has 0 aliphatic heterocycles. The average molecular weight is 308 g/mol. The van der Waals surface area contributed by atoms with Crippen molar-refractivity contribution in [3.63, 3.8) is 0 Å². The first-order chi connectivity index (χ1) is 9.78. The zero-order valence-corrected chi connectivity index (χ0v) is 12.8. The van der Waals surface area contributed by atoms with Crippen LogP contribution >= 0.6 is 23.1 Å². The van der Waals surface area contributed by atoms with Gasteiger partial charge in [-0.15, -0.1) is 23.1 Å².